The van der Waals surface area contributed by atoms with Crippen molar-refractivity contribution in [3.8, 4) is 0 Å². The number of aromatic amines is 1. The van der Waals surface area contributed by atoms with Crippen molar-refractivity contribution in [2.45, 2.75) is 32.1 Å². The highest BCUT2D eigenvalue weighted by molar-refractivity contribution is 7.89. The summed E-state index contributed by atoms with van der Waals surface area (Å²) in [5, 5.41) is 0. The van der Waals surface area contributed by atoms with Crippen LogP contribution < -0.4 is 0 Å². The number of rotatable bonds is 6. The second-order valence-electron chi connectivity index (χ2n) is 7.09. The van der Waals surface area contributed by atoms with E-state index in [1.165, 1.54) is 4.31 Å². The van der Waals surface area contributed by atoms with E-state index in [1.54, 1.807) is 12.1 Å². The molecule has 6 nitrogen and oxygen atoms in total. The zero-order valence-corrected chi connectivity index (χ0v) is 17.0. The first-order chi connectivity index (χ1) is 12.8. The number of benzene rings is 1. The lowest BCUT2D eigenvalue weighted by Crippen LogP contribution is -2.49. The minimum Gasteiger partial charge on any atom is -0.362 e. The first-order valence-corrected chi connectivity index (χ1v) is 10.8. The third-order valence-electron chi connectivity index (χ3n) is 5.12. The van der Waals surface area contributed by atoms with E-state index in [9.17, 15) is 13.2 Å². The summed E-state index contributed by atoms with van der Waals surface area (Å²) in [7, 11) is -3.48. The molecule has 2 aromatic rings. The molecule has 2 heterocycles. The normalized spacial score (nSPS) is 16.6. The molecule has 146 valence electrons. The van der Waals surface area contributed by atoms with Gasteiger partial charge in [-0.05, 0) is 44.0 Å². The molecule has 7 heteroatoms. The molecular formula is C20H27N3O3S. The average Bonchev–Trinajstić information content (AvgIpc) is 3.00. The lowest BCUT2D eigenvalue weighted by molar-refractivity contribution is 0.0901. The topological polar surface area (TPSA) is 73.5 Å². The highest BCUT2D eigenvalue weighted by atomic mass is 32.2. The summed E-state index contributed by atoms with van der Waals surface area (Å²) >= 11 is 0. The third-order valence-corrected chi connectivity index (χ3v) is 7.03. The number of nitrogens with zero attached hydrogens (tertiary/aromatic N) is 2. The molecule has 1 saturated heterocycles. The van der Waals surface area contributed by atoms with Gasteiger partial charge >= 0.3 is 0 Å². The summed E-state index contributed by atoms with van der Waals surface area (Å²) in [6.07, 6.45) is 0.882. The van der Waals surface area contributed by atoms with Crippen LogP contribution >= 0.6 is 0 Å². The van der Waals surface area contributed by atoms with Crippen LogP contribution in [0.4, 0.5) is 0 Å². The van der Waals surface area contributed by atoms with Gasteiger partial charge in [0.05, 0.1) is 11.4 Å². The molecule has 0 aliphatic carbocycles. The van der Waals surface area contributed by atoms with E-state index in [0.29, 0.717) is 37.6 Å². The molecule has 27 heavy (non-hydrogen) atoms. The zero-order chi connectivity index (χ0) is 19.6. The van der Waals surface area contributed by atoms with E-state index >= 15 is 0 Å². The van der Waals surface area contributed by atoms with Crippen molar-refractivity contribution in [1.29, 1.82) is 0 Å². The maximum atomic E-state index is 12.8. The molecular weight excluding hydrogens is 362 g/mol. The van der Waals surface area contributed by atoms with Crippen molar-refractivity contribution in [1.82, 2.24) is 14.2 Å². The molecule has 0 amide bonds. The number of aryl methyl sites for hydroxylation is 3. The number of nitrogens with one attached hydrogen (secondary N) is 1. The van der Waals surface area contributed by atoms with Crippen LogP contribution in [0.15, 0.2) is 35.2 Å². The van der Waals surface area contributed by atoms with Gasteiger partial charge in [0.1, 0.15) is 0 Å². The minimum absolute atomic E-state index is 0.0725. The number of aromatic nitrogens is 1. The molecule has 0 radical (unpaired) electrons. The number of hydrogen-bond acceptors (Lipinski definition) is 4. The molecule has 1 aromatic heterocycles. The lowest BCUT2D eigenvalue weighted by Gasteiger charge is -2.33. The van der Waals surface area contributed by atoms with Crippen molar-refractivity contribution in [2.75, 3.05) is 32.7 Å². The highest BCUT2D eigenvalue weighted by Crippen LogP contribution is 2.19. The largest absolute Gasteiger partial charge is 0.362 e. The SMILES string of the molecule is CCc1ccc(S(=O)(=O)N2CCN(CC(=O)c3cc(C)[nH]c3C)CC2)cc1. The molecule has 3 rings (SSSR count). The second kappa shape index (κ2) is 7.96. The van der Waals surface area contributed by atoms with Crippen LogP contribution in [0.5, 0.6) is 0 Å². The van der Waals surface area contributed by atoms with Crippen molar-refractivity contribution in [2.24, 2.45) is 0 Å². The highest BCUT2D eigenvalue weighted by Gasteiger charge is 2.29. The van der Waals surface area contributed by atoms with E-state index in [-0.39, 0.29) is 5.78 Å². The van der Waals surface area contributed by atoms with Crippen molar-refractivity contribution in [3.63, 3.8) is 0 Å². The van der Waals surface area contributed by atoms with Gasteiger partial charge < -0.3 is 4.98 Å². The Morgan fingerprint density at radius 1 is 1.07 bits per heavy atom. The number of carbonyl (C=O) groups is 1. The Hall–Kier alpha value is -1.96. The smallest absolute Gasteiger partial charge is 0.243 e. The number of H-pyrrole nitrogens is 1. The second-order valence-corrected chi connectivity index (χ2v) is 9.03. The standard InChI is InChI=1S/C20H27N3O3S/c1-4-17-5-7-18(8-6-17)27(25,26)23-11-9-22(10-12-23)14-20(24)19-13-15(2)21-16(19)3/h5-8,13,21H,4,9-12,14H2,1-3H3. The van der Waals surface area contributed by atoms with Crippen LogP contribution in [0.2, 0.25) is 0 Å². The Balaban J connectivity index is 1.61. The Bertz CT molecular complexity index is 908. The molecule has 1 aliphatic rings. The molecule has 0 unspecified atom stereocenters. The van der Waals surface area contributed by atoms with Gasteiger partial charge in [0, 0.05) is 43.1 Å². The van der Waals surface area contributed by atoms with Gasteiger partial charge in [-0.1, -0.05) is 19.1 Å². The summed E-state index contributed by atoms with van der Waals surface area (Å²) < 4.78 is 27.2. The van der Waals surface area contributed by atoms with E-state index in [1.807, 2.05) is 43.9 Å². The fraction of sp³-hybridized carbons (Fsp3) is 0.450. The molecule has 1 aliphatic heterocycles. The van der Waals surface area contributed by atoms with Gasteiger partial charge in [-0.2, -0.15) is 4.31 Å². The first kappa shape index (κ1) is 19.8. The van der Waals surface area contributed by atoms with Crippen LogP contribution in [-0.2, 0) is 16.4 Å². The summed E-state index contributed by atoms with van der Waals surface area (Å²) in [5.74, 6) is 0.0725. The Labute approximate surface area is 161 Å². The molecule has 0 bridgehead atoms. The van der Waals surface area contributed by atoms with E-state index in [4.69, 9.17) is 0 Å². The zero-order valence-electron chi connectivity index (χ0n) is 16.2. The predicted molar refractivity (Wildman–Crippen MR) is 106 cm³/mol. The van der Waals surface area contributed by atoms with Crippen molar-refractivity contribution >= 4 is 15.8 Å². The Morgan fingerprint density at radius 3 is 2.22 bits per heavy atom. The van der Waals surface area contributed by atoms with Crippen LogP contribution in [0.3, 0.4) is 0 Å². The maximum absolute atomic E-state index is 12.8. The number of ketones is 1. The third kappa shape index (κ3) is 4.31. The fourth-order valence-electron chi connectivity index (χ4n) is 3.48. The summed E-state index contributed by atoms with van der Waals surface area (Å²) in [6.45, 7) is 8.10. The number of hydrogen-bond donors (Lipinski definition) is 1. The van der Waals surface area contributed by atoms with Crippen molar-refractivity contribution in [3.05, 3.63) is 52.8 Å². The molecule has 1 aromatic carbocycles. The summed E-state index contributed by atoms with van der Waals surface area (Å²) in [5.41, 5.74) is 3.70. The molecule has 0 atom stereocenters. The predicted octanol–water partition coefficient (Wildman–Crippen LogP) is 2.38. The lowest BCUT2D eigenvalue weighted by atomic mass is 10.1. The molecule has 1 fully saturated rings. The van der Waals surface area contributed by atoms with Gasteiger partial charge in [0.2, 0.25) is 10.0 Å². The van der Waals surface area contributed by atoms with E-state index in [0.717, 1.165) is 28.9 Å². The molecule has 0 saturated carbocycles. The van der Waals surface area contributed by atoms with Crippen LogP contribution in [-0.4, -0.2) is 61.1 Å². The molecule has 1 N–H and O–H groups in total. The van der Waals surface area contributed by atoms with Gasteiger partial charge in [-0.25, -0.2) is 8.42 Å². The van der Waals surface area contributed by atoms with Crippen LogP contribution in [0.25, 0.3) is 0 Å². The van der Waals surface area contributed by atoms with Crippen molar-refractivity contribution < 1.29 is 13.2 Å². The van der Waals surface area contributed by atoms with Crippen LogP contribution in [0.1, 0.15) is 34.2 Å². The monoisotopic (exact) mass is 389 g/mol. The van der Waals surface area contributed by atoms with Gasteiger partial charge in [0.25, 0.3) is 0 Å². The van der Waals surface area contributed by atoms with Crippen LogP contribution in [0, 0.1) is 13.8 Å². The number of Topliss-reactive ketones (excluding diaryl/α,β-unsaturated/α-hetero) is 1. The van der Waals surface area contributed by atoms with Gasteiger partial charge in [-0.15, -0.1) is 0 Å². The number of carbonyl (C=O) groups excluding carboxylic acids is 1. The average molecular weight is 390 g/mol. The Morgan fingerprint density at radius 2 is 1.70 bits per heavy atom. The number of piperazine rings is 1. The number of sulfonamides is 1. The van der Waals surface area contributed by atoms with Gasteiger partial charge in [-0.3, -0.25) is 9.69 Å². The minimum atomic E-state index is -3.48. The van der Waals surface area contributed by atoms with E-state index < -0.39 is 10.0 Å². The first-order valence-electron chi connectivity index (χ1n) is 9.32. The molecule has 0 spiro atoms. The fourth-order valence-corrected chi connectivity index (χ4v) is 4.90. The Kier molecular flexibility index (Phi) is 5.83. The quantitative estimate of drug-likeness (QED) is 0.770. The van der Waals surface area contributed by atoms with Gasteiger partial charge in [0.15, 0.2) is 5.78 Å². The summed E-state index contributed by atoms with van der Waals surface area (Å²) in [4.78, 5) is 18.0. The van der Waals surface area contributed by atoms with E-state index in [2.05, 4.69) is 4.98 Å². The maximum Gasteiger partial charge on any atom is 0.243 e. The summed E-state index contributed by atoms with van der Waals surface area (Å²) in [6, 6.07) is 8.96.